The minimum atomic E-state index is -1.34. The number of benzene rings is 2. The number of aliphatic hydroxyl groups is 2. The first-order valence-electron chi connectivity index (χ1n) is 9.96. The van der Waals surface area contributed by atoms with Crippen molar-refractivity contribution in [1.29, 1.82) is 0 Å². The number of amides is 1. The lowest BCUT2D eigenvalue weighted by molar-refractivity contribution is -0.121. The summed E-state index contributed by atoms with van der Waals surface area (Å²) in [5.41, 5.74) is 8.87. The van der Waals surface area contributed by atoms with Gasteiger partial charge in [0.25, 0.3) is 5.91 Å². The van der Waals surface area contributed by atoms with Crippen LogP contribution in [0.15, 0.2) is 48.5 Å². The summed E-state index contributed by atoms with van der Waals surface area (Å²) in [4.78, 5) is 10.2. The highest BCUT2D eigenvalue weighted by molar-refractivity contribution is 6.53. The highest BCUT2D eigenvalue weighted by Gasteiger charge is 2.25. The first kappa shape index (κ1) is 25.5. The molecular weight excluding hydrogens is 444 g/mol. The van der Waals surface area contributed by atoms with Crippen molar-refractivity contribution in [3.63, 3.8) is 0 Å². The van der Waals surface area contributed by atoms with E-state index in [1.807, 2.05) is 36.4 Å². The number of rotatable bonds is 12. The van der Waals surface area contributed by atoms with E-state index in [4.69, 9.17) is 28.9 Å². The Kier molecular flexibility index (Phi) is 10.7. The number of carbonyl (C=O) groups excluding carboxylic acids is 1. The van der Waals surface area contributed by atoms with E-state index in [1.54, 1.807) is 12.1 Å². The van der Waals surface area contributed by atoms with Gasteiger partial charge in [-0.2, -0.15) is 0 Å². The zero-order valence-electron chi connectivity index (χ0n) is 17.0. The molecule has 0 spiro atoms. The standard InChI is InChI=1S/C22H28Cl2FN3O3/c23-21(24)22(31)28-19(11-25)20(30)17-7-5-16(6-8-17)15-3-1-14(2-4-15)12-27-13-18(29)9-10-26/h1-8,18-21,27,29-30H,9-13,26H2,(H,28,31)/t18?,19-,20-/m1/s1. The molecule has 0 aliphatic rings. The second-order valence-electron chi connectivity index (χ2n) is 7.20. The van der Waals surface area contributed by atoms with Crippen molar-refractivity contribution in [2.45, 2.75) is 36.1 Å². The third kappa shape index (κ3) is 8.03. The van der Waals surface area contributed by atoms with E-state index in [1.165, 1.54) is 0 Å². The second-order valence-corrected chi connectivity index (χ2v) is 8.29. The number of halogens is 3. The smallest absolute Gasteiger partial charge is 0.253 e. The molecule has 0 saturated heterocycles. The Morgan fingerprint density at radius 2 is 1.61 bits per heavy atom. The van der Waals surface area contributed by atoms with Gasteiger partial charge in [0.15, 0.2) is 4.84 Å². The van der Waals surface area contributed by atoms with Crippen LogP contribution >= 0.6 is 23.2 Å². The Hall–Kier alpha value is -1.74. The molecule has 0 aromatic heterocycles. The molecule has 2 rings (SSSR count). The topological polar surface area (TPSA) is 108 Å². The van der Waals surface area contributed by atoms with Gasteiger partial charge in [0.2, 0.25) is 0 Å². The van der Waals surface area contributed by atoms with E-state index in [9.17, 15) is 19.4 Å². The fraction of sp³-hybridized carbons (Fsp3) is 0.409. The number of alkyl halides is 3. The van der Waals surface area contributed by atoms with Crippen LogP contribution in [0.2, 0.25) is 0 Å². The molecule has 31 heavy (non-hydrogen) atoms. The highest BCUT2D eigenvalue weighted by atomic mass is 35.5. The fourth-order valence-electron chi connectivity index (χ4n) is 3.05. The summed E-state index contributed by atoms with van der Waals surface area (Å²) in [5.74, 6) is -0.759. The Morgan fingerprint density at radius 1 is 1.03 bits per heavy atom. The van der Waals surface area contributed by atoms with Crippen LogP contribution < -0.4 is 16.4 Å². The lowest BCUT2D eigenvalue weighted by Crippen LogP contribution is -2.43. The summed E-state index contributed by atoms with van der Waals surface area (Å²) in [6, 6.07) is 13.8. The molecule has 0 bridgehead atoms. The minimum Gasteiger partial charge on any atom is -0.392 e. The molecular formula is C22H28Cl2FN3O3. The molecule has 2 aromatic carbocycles. The summed E-state index contributed by atoms with van der Waals surface area (Å²) >= 11 is 10.9. The van der Waals surface area contributed by atoms with Crippen molar-refractivity contribution < 1.29 is 19.4 Å². The van der Waals surface area contributed by atoms with E-state index in [0.29, 0.717) is 31.6 Å². The molecule has 1 amide bonds. The molecule has 0 aliphatic heterocycles. The van der Waals surface area contributed by atoms with E-state index in [2.05, 4.69) is 10.6 Å². The van der Waals surface area contributed by atoms with Gasteiger partial charge in [0.05, 0.1) is 12.1 Å². The summed E-state index contributed by atoms with van der Waals surface area (Å²) in [7, 11) is 0. The minimum absolute atomic E-state index is 0.449. The molecule has 0 saturated carbocycles. The molecule has 0 aliphatic carbocycles. The average Bonchev–Trinajstić information content (AvgIpc) is 2.77. The van der Waals surface area contributed by atoms with Crippen LogP contribution in [0.4, 0.5) is 4.39 Å². The molecule has 3 atom stereocenters. The van der Waals surface area contributed by atoms with Crippen molar-refractivity contribution in [2.24, 2.45) is 5.73 Å². The molecule has 170 valence electrons. The van der Waals surface area contributed by atoms with Crippen LogP contribution in [0, 0.1) is 0 Å². The lowest BCUT2D eigenvalue weighted by Gasteiger charge is -2.22. The largest absolute Gasteiger partial charge is 0.392 e. The van der Waals surface area contributed by atoms with E-state index >= 15 is 0 Å². The van der Waals surface area contributed by atoms with Gasteiger partial charge in [-0.05, 0) is 35.2 Å². The van der Waals surface area contributed by atoms with Crippen molar-refractivity contribution in [2.75, 3.05) is 19.8 Å². The molecule has 0 heterocycles. The van der Waals surface area contributed by atoms with Gasteiger partial charge in [-0.1, -0.05) is 71.7 Å². The number of nitrogens with two attached hydrogens (primary N) is 1. The van der Waals surface area contributed by atoms with Gasteiger partial charge in [0.1, 0.15) is 12.8 Å². The van der Waals surface area contributed by atoms with Gasteiger partial charge in [-0.15, -0.1) is 0 Å². The molecule has 6 nitrogen and oxygen atoms in total. The van der Waals surface area contributed by atoms with Gasteiger partial charge in [0, 0.05) is 13.1 Å². The zero-order valence-corrected chi connectivity index (χ0v) is 18.5. The Labute approximate surface area is 191 Å². The van der Waals surface area contributed by atoms with Crippen molar-refractivity contribution >= 4 is 29.1 Å². The fourth-order valence-corrected chi connectivity index (χ4v) is 3.17. The van der Waals surface area contributed by atoms with Crippen LogP contribution in [-0.4, -0.2) is 52.9 Å². The van der Waals surface area contributed by atoms with E-state index in [-0.39, 0.29) is 0 Å². The molecule has 2 aromatic rings. The number of hydrogen-bond acceptors (Lipinski definition) is 5. The predicted molar refractivity (Wildman–Crippen MR) is 122 cm³/mol. The Bertz CT molecular complexity index is 807. The van der Waals surface area contributed by atoms with Gasteiger partial charge in [-0.3, -0.25) is 4.79 Å². The molecule has 6 N–H and O–H groups in total. The summed E-state index contributed by atoms with van der Waals surface area (Å²) in [6.45, 7) is 0.611. The molecule has 1 unspecified atom stereocenters. The second kappa shape index (κ2) is 13.0. The van der Waals surface area contributed by atoms with E-state index < -0.39 is 35.7 Å². The molecule has 9 heteroatoms. The lowest BCUT2D eigenvalue weighted by atomic mass is 9.98. The van der Waals surface area contributed by atoms with Gasteiger partial charge in [-0.25, -0.2) is 4.39 Å². The third-order valence-electron chi connectivity index (χ3n) is 4.82. The van der Waals surface area contributed by atoms with Crippen LogP contribution in [0.5, 0.6) is 0 Å². The van der Waals surface area contributed by atoms with Crippen LogP contribution in [-0.2, 0) is 11.3 Å². The highest BCUT2D eigenvalue weighted by Crippen LogP contribution is 2.24. The number of hydrogen-bond donors (Lipinski definition) is 5. The summed E-state index contributed by atoms with van der Waals surface area (Å²) < 4.78 is 13.3. The number of carbonyl (C=O) groups is 1. The van der Waals surface area contributed by atoms with Gasteiger partial charge >= 0.3 is 0 Å². The van der Waals surface area contributed by atoms with Crippen LogP contribution in [0.25, 0.3) is 11.1 Å². The maximum atomic E-state index is 13.3. The third-order valence-corrected chi connectivity index (χ3v) is 5.22. The Morgan fingerprint density at radius 3 is 2.13 bits per heavy atom. The van der Waals surface area contributed by atoms with Crippen LogP contribution in [0.1, 0.15) is 23.7 Å². The molecule has 0 radical (unpaired) electrons. The van der Waals surface area contributed by atoms with Crippen molar-refractivity contribution in [3.05, 3.63) is 59.7 Å². The number of aliphatic hydroxyl groups excluding tert-OH is 2. The SMILES string of the molecule is NCCC(O)CNCc1ccc(-c2ccc([C@@H](O)[C@@H](CF)NC(=O)C(Cl)Cl)cc2)cc1. The van der Waals surface area contributed by atoms with Crippen LogP contribution in [0.3, 0.4) is 0 Å². The monoisotopic (exact) mass is 471 g/mol. The first-order valence-corrected chi connectivity index (χ1v) is 10.8. The van der Waals surface area contributed by atoms with E-state index in [0.717, 1.165) is 16.7 Å². The number of nitrogens with one attached hydrogen (secondary N) is 2. The maximum Gasteiger partial charge on any atom is 0.253 e. The zero-order chi connectivity index (χ0) is 22.8. The summed E-state index contributed by atoms with van der Waals surface area (Å²) in [6.07, 6.45) is -1.12. The molecule has 0 fully saturated rings. The first-order chi connectivity index (χ1) is 14.8. The van der Waals surface area contributed by atoms with Crippen molar-refractivity contribution in [3.8, 4) is 11.1 Å². The van der Waals surface area contributed by atoms with Gasteiger partial charge < -0.3 is 26.6 Å². The predicted octanol–water partition coefficient (Wildman–Crippen LogP) is 2.44. The quantitative estimate of drug-likeness (QED) is 0.305. The van der Waals surface area contributed by atoms with Crippen molar-refractivity contribution in [1.82, 2.24) is 10.6 Å². The average molecular weight is 472 g/mol. The maximum absolute atomic E-state index is 13.3. The normalized spacial score (nSPS) is 14.3. The Balaban J connectivity index is 1.97. The summed E-state index contributed by atoms with van der Waals surface area (Å²) in [5, 5.41) is 25.6.